The molecule has 100 valence electrons. The lowest BCUT2D eigenvalue weighted by Crippen LogP contribution is -2.41. The minimum atomic E-state index is -1.09. The summed E-state index contributed by atoms with van der Waals surface area (Å²) in [5.74, 6) is -0.742. The van der Waals surface area contributed by atoms with Gasteiger partial charge in [-0.3, -0.25) is 10.1 Å². The average molecular weight is 254 g/mol. The van der Waals surface area contributed by atoms with E-state index in [4.69, 9.17) is 9.52 Å². The molecule has 0 aliphatic rings. The van der Waals surface area contributed by atoms with E-state index in [9.17, 15) is 9.59 Å². The summed E-state index contributed by atoms with van der Waals surface area (Å²) in [5.41, 5.74) is 0.574. The third-order valence-corrected chi connectivity index (χ3v) is 2.49. The summed E-state index contributed by atoms with van der Waals surface area (Å²) in [6.07, 6.45) is 0. The second kappa shape index (κ2) is 6.20. The Balaban J connectivity index is 2.56. The molecule has 0 aliphatic heterocycles. The largest absolute Gasteiger partial charge is 0.475 e. The Bertz CT molecular complexity index is 439. The van der Waals surface area contributed by atoms with Crippen molar-refractivity contribution in [2.24, 2.45) is 0 Å². The molecule has 0 aromatic carbocycles. The lowest BCUT2D eigenvalue weighted by atomic mass is 10.2. The van der Waals surface area contributed by atoms with Crippen molar-refractivity contribution in [2.45, 2.75) is 33.4 Å². The number of amides is 1. The molecule has 1 atom stereocenters. The van der Waals surface area contributed by atoms with E-state index in [0.717, 1.165) is 0 Å². The molecule has 6 nitrogen and oxygen atoms in total. The first-order valence-electron chi connectivity index (χ1n) is 5.79. The molecule has 6 heteroatoms. The van der Waals surface area contributed by atoms with E-state index < -0.39 is 5.97 Å². The fourth-order valence-corrected chi connectivity index (χ4v) is 1.52. The van der Waals surface area contributed by atoms with Crippen LogP contribution in [0.1, 0.15) is 35.7 Å². The lowest BCUT2D eigenvalue weighted by Gasteiger charge is -2.11. The van der Waals surface area contributed by atoms with Gasteiger partial charge in [0.1, 0.15) is 5.76 Å². The number of likely N-dealkylation sites (N-methyl/N-ethyl adjacent to an activating group) is 1. The molecule has 1 aromatic heterocycles. The molecule has 0 saturated carbocycles. The number of hydrogen-bond acceptors (Lipinski definition) is 4. The Hall–Kier alpha value is -1.82. The second-order valence-electron chi connectivity index (χ2n) is 4.03. The molecule has 1 unspecified atom stereocenters. The van der Waals surface area contributed by atoms with Crippen LogP contribution in [0.5, 0.6) is 0 Å². The first kappa shape index (κ1) is 14.2. The summed E-state index contributed by atoms with van der Waals surface area (Å²) >= 11 is 0. The summed E-state index contributed by atoms with van der Waals surface area (Å²) in [5, 5.41) is 14.5. The summed E-state index contributed by atoms with van der Waals surface area (Å²) in [7, 11) is 0. The van der Waals surface area contributed by atoms with Crippen LogP contribution in [0.3, 0.4) is 0 Å². The van der Waals surface area contributed by atoms with Crippen molar-refractivity contribution in [3.63, 3.8) is 0 Å². The molecule has 0 spiro atoms. The van der Waals surface area contributed by atoms with E-state index in [1.807, 2.05) is 6.92 Å². The van der Waals surface area contributed by atoms with Gasteiger partial charge < -0.3 is 14.8 Å². The van der Waals surface area contributed by atoms with Crippen molar-refractivity contribution < 1.29 is 19.1 Å². The van der Waals surface area contributed by atoms with E-state index in [-0.39, 0.29) is 17.7 Å². The van der Waals surface area contributed by atoms with Crippen LogP contribution in [0.4, 0.5) is 0 Å². The Labute approximate surface area is 105 Å². The van der Waals surface area contributed by atoms with Gasteiger partial charge >= 0.3 is 5.97 Å². The molecule has 0 aliphatic carbocycles. The molecule has 0 bridgehead atoms. The van der Waals surface area contributed by atoms with Gasteiger partial charge in [-0.2, -0.15) is 0 Å². The summed E-state index contributed by atoms with van der Waals surface area (Å²) < 4.78 is 5.17. The van der Waals surface area contributed by atoms with Crippen LogP contribution < -0.4 is 10.6 Å². The number of aryl methyl sites for hydroxylation is 1. The average Bonchev–Trinajstić information content (AvgIpc) is 2.68. The third-order valence-electron chi connectivity index (χ3n) is 2.49. The maximum absolute atomic E-state index is 11.4. The van der Waals surface area contributed by atoms with E-state index in [1.165, 1.54) is 0 Å². The predicted molar refractivity (Wildman–Crippen MR) is 65.4 cm³/mol. The first-order chi connectivity index (χ1) is 8.45. The number of furan rings is 1. The van der Waals surface area contributed by atoms with Crippen LogP contribution in [0.25, 0.3) is 0 Å². The number of carboxylic acid groups (broad SMARTS) is 1. The molecule has 0 fully saturated rings. The molecule has 0 saturated heterocycles. The van der Waals surface area contributed by atoms with Crippen molar-refractivity contribution in [2.75, 3.05) is 6.54 Å². The topological polar surface area (TPSA) is 91.6 Å². The Morgan fingerprint density at radius 1 is 1.50 bits per heavy atom. The molecule has 1 amide bonds. The van der Waals surface area contributed by atoms with Gasteiger partial charge in [-0.05, 0) is 26.8 Å². The zero-order valence-corrected chi connectivity index (χ0v) is 10.7. The van der Waals surface area contributed by atoms with Crippen LogP contribution in [0.15, 0.2) is 10.5 Å². The molecule has 3 N–H and O–H groups in total. The van der Waals surface area contributed by atoms with Gasteiger partial charge in [-0.25, -0.2) is 4.79 Å². The van der Waals surface area contributed by atoms with Crippen molar-refractivity contribution >= 4 is 11.9 Å². The Morgan fingerprint density at radius 2 is 2.17 bits per heavy atom. The van der Waals surface area contributed by atoms with Gasteiger partial charge in [0.05, 0.1) is 12.6 Å². The summed E-state index contributed by atoms with van der Waals surface area (Å²) in [6.45, 7) is 6.14. The van der Waals surface area contributed by atoms with Crippen LogP contribution in [0.2, 0.25) is 0 Å². The molecule has 0 radical (unpaired) electrons. The van der Waals surface area contributed by atoms with Gasteiger partial charge in [0.25, 0.3) is 0 Å². The van der Waals surface area contributed by atoms with Crippen molar-refractivity contribution in [1.82, 2.24) is 10.6 Å². The SMILES string of the molecule is CCNC(=O)C(C)NCc1cc(C)c(C(=O)O)o1. The Morgan fingerprint density at radius 3 is 2.67 bits per heavy atom. The number of carbonyl (C=O) groups is 2. The minimum Gasteiger partial charge on any atom is -0.475 e. The molecule has 1 rings (SSSR count). The Kier molecular flexibility index (Phi) is 4.91. The monoisotopic (exact) mass is 254 g/mol. The number of carboxylic acids is 1. The number of hydrogen-bond donors (Lipinski definition) is 3. The number of rotatable bonds is 6. The minimum absolute atomic E-state index is 0.0579. The van der Waals surface area contributed by atoms with Crippen LogP contribution in [0, 0.1) is 6.92 Å². The van der Waals surface area contributed by atoms with Crippen LogP contribution in [-0.4, -0.2) is 29.6 Å². The van der Waals surface area contributed by atoms with Crippen molar-refractivity contribution in [3.8, 4) is 0 Å². The van der Waals surface area contributed by atoms with Gasteiger partial charge in [0.2, 0.25) is 11.7 Å². The highest BCUT2D eigenvalue weighted by molar-refractivity contribution is 5.86. The number of aromatic carboxylic acids is 1. The molecular formula is C12H18N2O4. The smallest absolute Gasteiger partial charge is 0.372 e. The maximum atomic E-state index is 11.4. The van der Waals surface area contributed by atoms with Crippen LogP contribution in [-0.2, 0) is 11.3 Å². The second-order valence-corrected chi connectivity index (χ2v) is 4.03. The lowest BCUT2D eigenvalue weighted by molar-refractivity contribution is -0.122. The van der Waals surface area contributed by atoms with Crippen molar-refractivity contribution in [3.05, 3.63) is 23.2 Å². The number of carbonyl (C=O) groups excluding carboxylic acids is 1. The molecule has 1 heterocycles. The molecule has 1 aromatic rings. The van der Waals surface area contributed by atoms with Gasteiger partial charge in [0, 0.05) is 12.1 Å². The van der Waals surface area contributed by atoms with Gasteiger partial charge in [-0.15, -0.1) is 0 Å². The van der Waals surface area contributed by atoms with E-state index in [1.54, 1.807) is 19.9 Å². The maximum Gasteiger partial charge on any atom is 0.372 e. The zero-order valence-electron chi connectivity index (χ0n) is 10.7. The number of nitrogens with one attached hydrogen (secondary N) is 2. The van der Waals surface area contributed by atoms with Gasteiger partial charge in [-0.1, -0.05) is 0 Å². The highest BCUT2D eigenvalue weighted by Gasteiger charge is 2.16. The summed E-state index contributed by atoms with van der Waals surface area (Å²) in [6, 6.07) is 1.30. The molecule has 18 heavy (non-hydrogen) atoms. The standard InChI is InChI=1S/C12H18N2O4/c1-4-13-11(15)8(3)14-6-9-5-7(2)10(18-9)12(16)17/h5,8,14H,4,6H2,1-3H3,(H,13,15)(H,16,17). The van der Waals surface area contributed by atoms with E-state index in [2.05, 4.69) is 10.6 Å². The van der Waals surface area contributed by atoms with Crippen LogP contribution >= 0.6 is 0 Å². The predicted octanol–water partition coefficient (Wildman–Crippen LogP) is 0.900. The molecular weight excluding hydrogens is 236 g/mol. The fraction of sp³-hybridized carbons (Fsp3) is 0.500. The van der Waals surface area contributed by atoms with E-state index >= 15 is 0 Å². The normalized spacial score (nSPS) is 12.2. The third kappa shape index (κ3) is 3.59. The quantitative estimate of drug-likeness (QED) is 0.701. The summed E-state index contributed by atoms with van der Waals surface area (Å²) in [4.78, 5) is 22.2. The van der Waals surface area contributed by atoms with E-state index in [0.29, 0.717) is 24.4 Å². The fourth-order valence-electron chi connectivity index (χ4n) is 1.52. The van der Waals surface area contributed by atoms with Crippen molar-refractivity contribution in [1.29, 1.82) is 0 Å². The first-order valence-corrected chi connectivity index (χ1v) is 5.79. The van der Waals surface area contributed by atoms with Gasteiger partial charge in [0.15, 0.2) is 0 Å². The zero-order chi connectivity index (χ0) is 13.7. The highest BCUT2D eigenvalue weighted by atomic mass is 16.4. The highest BCUT2D eigenvalue weighted by Crippen LogP contribution is 2.14.